The summed E-state index contributed by atoms with van der Waals surface area (Å²) in [5.74, 6) is -1.49. The molecule has 0 amide bonds. The van der Waals surface area contributed by atoms with E-state index in [4.69, 9.17) is 9.25 Å². The molecule has 0 aliphatic rings. The average Bonchev–Trinajstić information content (AvgIpc) is 2.94. The Morgan fingerprint density at radius 3 is 2.48 bits per heavy atom. The summed E-state index contributed by atoms with van der Waals surface area (Å²) in [6, 6.07) is 10.4. The van der Waals surface area contributed by atoms with Gasteiger partial charge >= 0.3 is 17.9 Å². The molecule has 0 atom stereocenters. The summed E-state index contributed by atoms with van der Waals surface area (Å²) < 4.78 is 43.9. The van der Waals surface area contributed by atoms with Crippen molar-refractivity contribution < 1.29 is 27.2 Å². The number of hydroxylamine groups is 1. The highest BCUT2D eigenvalue weighted by atomic mass is 19.4. The SMILES string of the molecule is CC(=Cn1c(=O)oc2ccccc21)NOC(=O)c1ccc(C(F)(F)F)cc1. The van der Waals surface area contributed by atoms with Gasteiger partial charge in [0.05, 0.1) is 22.3 Å². The fourth-order valence-corrected chi connectivity index (χ4v) is 2.31. The van der Waals surface area contributed by atoms with Gasteiger partial charge in [-0.05, 0) is 43.3 Å². The molecule has 0 bridgehead atoms. The summed E-state index contributed by atoms with van der Waals surface area (Å²) in [5, 5.41) is 0. The zero-order valence-corrected chi connectivity index (χ0v) is 13.9. The predicted octanol–water partition coefficient (Wildman–Crippen LogP) is 3.79. The first kappa shape index (κ1) is 18.3. The molecule has 0 radical (unpaired) electrons. The Hall–Kier alpha value is -3.49. The molecule has 6 nitrogen and oxygen atoms in total. The van der Waals surface area contributed by atoms with E-state index in [0.717, 1.165) is 24.3 Å². The molecule has 0 saturated heterocycles. The number of carbonyl (C=O) groups is 1. The molecule has 140 valence electrons. The molecule has 1 N–H and O–H groups in total. The Kier molecular flexibility index (Phi) is 4.76. The van der Waals surface area contributed by atoms with E-state index in [1.807, 2.05) is 0 Å². The van der Waals surface area contributed by atoms with Gasteiger partial charge in [-0.15, -0.1) is 0 Å². The second-order valence-electron chi connectivity index (χ2n) is 5.58. The highest BCUT2D eigenvalue weighted by Gasteiger charge is 2.30. The van der Waals surface area contributed by atoms with Crippen molar-refractivity contribution >= 4 is 23.3 Å². The van der Waals surface area contributed by atoms with Crippen LogP contribution in [0.3, 0.4) is 0 Å². The van der Waals surface area contributed by atoms with E-state index in [2.05, 4.69) is 5.48 Å². The number of hydrogen-bond donors (Lipinski definition) is 1. The van der Waals surface area contributed by atoms with Gasteiger partial charge in [-0.25, -0.2) is 19.6 Å². The molecule has 3 aromatic rings. The first-order valence-corrected chi connectivity index (χ1v) is 7.68. The number of benzene rings is 2. The van der Waals surface area contributed by atoms with Crippen molar-refractivity contribution in [2.75, 3.05) is 0 Å². The zero-order valence-electron chi connectivity index (χ0n) is 13.9. The minimum Gasteiger partial charge on any atom is -0.407 e. The van der Waals surface area contributed by atoms with Gasteiger partial charge in [0.1, 0.15) is 0 Å². The number of oxazole rings is 1. The lowest BCUT2D eigenvalue weighted by Gasteiger charge is -2.09. The second-order valence-corrected chi connectivity index (χ2v) is 5.58. The van der Waals surface area contributed by atoms with Crippen molar-refractivity contribution in [2.24, 2.45) is 0 Å². The van der Waals surface area contributed by atoms with Crippen molar-refractivity contribution in [1.82, 2.24) is 10.0 Å². The van der Waals surface area contributed by atoms with Gasteiger partial charge in [0.2, 0.25) is 0 Å². The van der Waals surface area contributed by atoms with E-state index >= 15 is 0 Å². The first-order chi connectivity index (χ1) is 12.8. The van der Waals surface area contributed by atoms with Gasteiger partial charge < -0.3 is 9.25 Å². The molecule has 0 saturated carbocycles. The summed E-state index contributed by atoms with van der Waals surface area (Å²) >= 11 is 0. The largest absolute Gasteiger partial charge is 0.424 e. The van der Waals surface area contributed by atoms with E-state index in [1.165, 1.54) is 17.7 Å². The van der Waals surface area contributed by atoms with Crippen molar-refractivity contribution in [3.8, 4) is 0 Å². The van der Waals surface area contributed by atoms with Crippen molar-refractivity contribution in [1.29, 1.82) is 0 Å². The van der Waals surface area contributed by atoms with Crippen LogP contribution in [-0.4, -0.2) is 10.5 Å². The maximum absolute atomic E-state index is 12.5. The fourth-order valence-electron chi connectivity index (χ4n) is 2.31. The van der Waals surface area contributed by atoms with Crippen LogP contribution in [0.25, 0.3) is 17.3 Å². The highest BCUT2D eigenvalue weighted by molar-refractivity contribution is 5.89. The van der Waals surface area contributed by atoms with Gasteiger partial charge in [-0.3, -0.25) is 0 Å². The van der Waals surface area contributed by atoms with Crippen LogP contribution in [-0.2, 0) is 11.0 Å². The Morgan fingerprint density at radius 1 is 1.15 bits per heavy atom. The van der Waals surface area contributed by atoms with E-state index in [0.29, 0.717) is 16.8 Å². The first-order valence-electron chi connectivity index (χ1n) is 7.68. The van der Waals surface area contributed by atoms with Gasteiger partial charge in [0.15, 0.2) is 5.58 Å². The lowest BCUT2D eigenvalue weighted by Crippen LogP contribution is -2.20. The zero-order chi connectivity index (χ0) is 19.6. The molecule has 0 spiro atoms. The number of alkyl halides is 3. The summed E-state index contributed by atoms with van der Waals surface area (Å²) in [4.78, 5) is 28.6. The number of hydrogen-bond acceptors (Lipinski definition) is 5. The molecule has 0 aliphatic heterocycles. The third-order valence-corrected chi connectivity index (χ3v) is 3.59. The van der Waals surface area contributed by atoms with E-state index < -0.39 is 23.5 Å². The lowest BCUT2D eigenvalue weighted by atomic mass is 10.1. The summed E-state index contributed by atoms with van der Waals surface area (Å²) in [7, 11) is 0. The number of halogens is 3. The number of carbonyl (C=O) groups excluding carboxylic acids is 1. The van der Waals surface area contributed by atoms with Crippen LogP contribution in [0.1, 0.15) is 22.8 Å². The number of para-hydroxylation sites is 2. The normalized spacial score (nSPS) is 12.2. The Morgan fingerprint density at radius 2 is 1.81 bits per heavy atom. The number of aromatic nitrogens is 1. The average molecular weight is 378 g/mol. The Labute approximate surface area is 150 Å². The molecule has 0 aliphatic carbocycles. The third-order valence-electron chi connectivity index (χ3n) is 3.59. The van der Waals surface area contributed by atoms with E-state index in [1.54, 1.807) is 24.3 Å². The number of rotatable bonds is 4. The number of nitrogens with one attached hydrogen (secondary N) is 1. The topological polar surface area (TPSA) is 73.5 Å². The van der Waals surface area contributed by atoms with Crippen molar-refractivity contribution in [2.45, 2.75) is 13.1 Å². The van der Waals surface area contributed by atoms with Crippen LogP contribution in [0.15, 0.2) is 63.4 Å². The molecule has 27 heavy (non-hydrogen) atoms. The Bertz CT molecular complexity index is 1060. The van der Waals surface area contributed by atoms with Crippen LogP contribution < -0.4 is 11.2 Å². The van der Waals surface area contributed by atoms with Crippen LogP contribution in [0, 0.1) is 0 Å². The minimum absolute atomic E-state index is 0.0609. The van der Waals surface area contributed by atoms with Gasteiger partial charge in [0.25, 0.3) is 0 Å². The number of fused-ring (bicyclic) bond motifs is 1. The van der Waals surface area contributed by atoms with Crippen LogP contribution in [0.4, 0.5) is 13.2 Å². The standard InChI is InChI=1S/C18H13F3N2O4/c1-11(10-23-14-4-2-3-5-15(14)26-17(23)25)22-27-16(24)12-6-8-13(9-7-12)18(19,20)21/h2-10,22H,1H3. The smallest absolute Gasteiger partial charge is 0.407 e. The maximum Gasteiger partial charge on any atom is 0.424 e. The summed E-state index contributed by atoms with van der Waals surface area (Å²) in [6.45, 7) is 1.54. The van der Waals surface area contributed by atoms with Gasteiger partial charge in [0, 0.05) is 6.20 Å². The molecule has 2 aromatic carbocycles. The van der Waals surface area contributed by atoms with Gasteiger partial charge in [-0.2, -0.15) is 13.2 Å². The quantitative estimate of drug-likeness (QED) is 0.700. The van der Waals surface area contributed by atoms with Crippen LogP contribution >= 0.6 is 0 Å². The van der Waals surface area contributed by atoms with Gasteiger partial charge in [-0.1, -0.05) is 12.1 Å². The summed E-state index contributed by atoms with van der Waals surface area (Å²) in [6.07, 6.45) is -3.12. The molecular formula is C18H13F3N2O4. The van der Waals surface area contributed by atoms with Crippen molar-refractivity contribution in [3.63, 3.8) is 0 Å². The number of nitrogens with zero attached hydrogens (tertiary/aromatic N) is 1. The highest BCUT2D eigenvalue weighted by Crippen LogP contribution is 2.29. The molecular weight excluding hydrogens is 365 g/mol. The number of allylic oxidation sites excluding steroid dienone is 1. The monoisotopic (exact) mass is 378 g/mol. The lowest BCUT2D eigenvalue weighted by molar-refractivity contribution is -0.137. The molecule has 3 rings (SSSR count). The fraction of sp³-hybridized carbons (Fsp3) is 0.111. The third kappa shape index (κ3) is 4.02. The molecule has 0 fully saturated rings. The predicted molar refractivity (Wildman–Crippen MR) is 90.4 cm³/mol. The molecule has 1 aromatic heterocycles. The minimum atomic E-state index is -4.49. The van der Waals surface area contributed by atoms with Crippen LogP contribution in [0.5, 0.6) is 0 Å². The Balaban J connectivity index is 1.70. The van der Waals surface area contributed by atoms with Crippen LogP contribution in [0.2, 0.25) is 0 Å². The van der Waals surface area contributed by atoms with Crippen molar-refractivity contribution in [3.05, 3.63) is 75.9 Å². The summed E-state index contributed by atoms with van der Waals surface area (Å²) in [5.41, 5.74) is 2.63. The van der Waals surface area contributed by atoms with E-state index in [9.17, 15) is 22.8 Å². The molecule has 1 heterocycles. The maximum atomic E-state index is 12.5. The molecule has 9 heteroatoms. The molecule has 0 unspecified atom stereocenters. The second kappa shape index (κ2) is 7.02. The van der Waals surface area contributed by atoms with E-state index in [-0.39, 0.29) is 5.56 Å².